The maximum Gasteiger partial charge on any atom is 0.228 e. The van der Waals surface area contributed by atoms with Crippen LogP contribution in [0.25, 0.3) is 11.1 Å². The second-order valence-electron chi connectivity index (χ2n) is 7.92. The lowest BCUT2D eigenvalue weighted by atomic mass is 10.0. The molecule has 0 aliphatic carbocycles. The summed E-state index contributed by atoms with van der Waals surface area (Å²) in [6, 6.07) is 22.6. The molecule has 0 atom stereocenters. The van der Waals surface area contributed by atoms with Crippen LogP contribution in [0.2, 0.25) is 0 Å². The molecule has 0 saturated heterocycles. The molecule has 4 aromatic rings. The van der Waals surface area contributed by atoms with Crippen LogP contribution < -0.4 is 10.1 Å². The fourth-order valence-corrected chi connectivity index (χ4v) is 4.11. The molecule has 1 N–H and O–H groups in total. The van der Waals surface area contributed by atoms with Crippen molar-refractivity contribution in [3.05, 3.63) is 108 Å². The Morgan fingerprint density at radius 1 is 0.857 bits per heavy atom. The van der Waals surface area contributed by atoms with E-state index in [1.807, 2.05) is 0 Å². The Hall–Kier alpha value is -4.04. The molecule has 1 amide bonds. The van der Waals surface area contributed by atoms with E-state index >= 15 is 0 Å². The molecular weight excluding hydrogens is 472 g/mol. The van der Waals surface area contributed by atoms with Crippen molar-refractivity contribution in [2.24, 2.45) is 0 Å². The molecule has 0 bridgehead atoms. The molecule has 8 heteroatoms. The molecule has 0 heterocycles. The number of hydrogen-bond acceptors (Lipinski definition) is 4. The third-order valence-corrected chi connectivity index (χ3v) is 6.27. The van der Waals surface area contributed by atoms with Gasteiger partial charge in [-0.25, -0.2) is 17.2 Å². The molecule has 0 aromatic heterocycles. The second kappa shape index (κ2) is 10.1. The first-order chi connectivity index (χ1) is 16.7. The molecule has 0 aliphatic rings. The lowest BCUT2D eigenvalue weighted by Crippen LogP contribution is -2.14. The van der Waals surface area contributed by atoms with Crippen LogP contribution in [0.4, 0.5) is 14.5 Å². The number of carbonyl (C=O) groups excluding carboxylic acids is 1. The third kappa shape index (κ3) is 6.30. The average molecular weight is 494 g/mol. The molecule has 0 saturated carbocycles. The molecular formula is C27H21F2NO4S. The Morgan fingerprint density at radius 2 is 1.54 bits per heavy atom. The number of anilines is 1. The number of nitrogens with one attached hydrogen (secondary N) is 1. The Morgan fingerprint density at radius 3 is 2.20 bits per heavy atom. The van der Waals surface area contributed by atoms with E-state index < -0.39 is 21.5 Å². The first kappa shape index (κ1) is 24.1. The summed E-state index contributed by atoms with van der Waals surface area (Å²) < 4.78 is 56.6. The van der Waals surface area contributed by atoms with Crippen molar-refractivity contribution in [2.75, 3.05) is 11.6 Å². The van der Waals surface area contributed by atoms with Gasteiger partial charge in [0.2, 0.25) is 5.91 Å². The van der Waals surface area contributed by atoms with Gasteiger partial charge in [-0.05, 0) is 59.7 Å². The van der Waals surface area contributed by atoms with E-state index in [-0.39, 0.29) is 23.0 Å². The number of amides is 1. The summed E-state index contributed by atoms with van der Waals surface area (Å²) in [5, 5.41) is 2.78. The van der Waals surface area contributed by atoms with Crippen LogP contribution in [0.1, 0.15) is 5.56 Å². The highest BCUT2D eigenvalue weighted by Gasteiger charge is 2.13. The zero-order valence-corrected chi connectivity index (χ0v) is 19.5. The van der Waals surface area contributed by atoms with Crippen molar-refractivity contribution in [3.63, 3.8) is 0 Å². The maximum atomic E-state index is 13.8. The SMILES string of the molecule is CS(=O)(=O)c1ccc(CC(=O)Nc2ccc(-c3cccc(F)c3)c(Oc3cccc(F)c3)c2)cc1. The Balaban J connectivity index is 1.58. The molecule has 4 rings (SSSR count). The standard InChI is InChI=1S/C27H21F2NO4S/c1-35(32,33)24-11-8-18(9-12-24)14-27(31)30-22-10-13-25(19-4-2-5-20(28)15-19)26(17-22)34-23-7-3-6-21(29)16-23/h2-13,15-17H,14H2,1H3,(H,30,31). The van der Waals surface area contributed by atoms with Gasteiger partial charge in [-0.1, -0.05) is 30.3 Å². The molecule has 0 fully saturated rings. The zero-order chi connectivity index (χ0) is 25.0. The molecule has 0 spiro atoms. The van der Waals surface area contributed by atoms with Crippen LogP contribution in [0.15, 0.2) is 95.9 Å². The largest absolute Gasteiger partial charge is 0.457 e. The molecule has 0 aliphatic heterocycles. The van der Waals surface area contributed by atoms with Crippen molar-refractivity contribution >= 4 is 21.4 Å². The fraction of sp³-hybridized carbons (Fsp3) is 0.0741. The minimum absolute atomic E-state index is 0.0236. The van der Waals surface area contributed by atoms with Crippen molar-refractivity contribution in [1.29, 1.82) is 0 Å². The van der Waals surface area contributed by atoms with Crippen molar-refractivity contribution in [2.45, 2.75) is 11.3 Å². The van der Waals surface area contributed by atoms with Crippen LogP contribution in [0.5, 0.6) is 11.5 Å². The van der Waals surface area contributed by atoms with Gasteiger partial charge in [0.25, 0.3) is 0 Å². The highest BCUT2D eigenvalue weighted by Crippen LogP contribution is 2.36. The van der Waals surface area contributed by atoms with E-state index in [1.165, 1.54) is 42.5 Å². The Bertz CT molecular complexity index is 1490. The summed E-state index contributed by atoms with van der Waals surface area (Å²) in [5.41, 5.74) is 2.18. The summed E-state index contributed by atoms with van der Waals surface area (Å²) in [4.78, 5) is 12.8. The minimum atomic E-state index is -3.32. The second-order valence-corrected chi connectivity index (χ2v) is 9.94. The van der Waals surface area contributed by atoms with Crippen LogP contribution in [-0.4, -0.2) is 20.6 Å². The van der Waals surface area contributed by atoms with Crippen molar-refractivity contribution in [1.82, 2.24) is 0 Å². The van der Waals surface area contributed by atoms with E-state index in [0.717, 1.165) is 6.26 Å². The number of ether oxygens (including phenoxy) is 1. The number of sulfone groups is 1. The number of carbonyl (C=O) groups is 1. The Kier molecular flexibility index (Phi) is 6.93. The minimum Gasteiger partial charge on any atom is -0.457 e. The van der Waals surface area contributed by atoms with Gasteiger partial charge in [-0.2, -0.15) is 0 Å². The van der Waals surface area contributed by atoms with Crippen molar-refractivity contribution in [3.8, 4) is 22.6 Å². The van der Waals surface area contributed by atoms with Crippen LogP contribution in [-0.2, 0) is 21.1 Å². The molecule has 0 radical (unpaired) electrons. The maximum absolute atomic E-state index is 13.8. The van der Waals surface area contributed by atoms with Gasteiger partial charge in [-0.3, -0.25) is 4.79 Å². The predicted molar refractivity (Wildman–Crippen MR) is 130 cm³/mol. The molecule has 5 nitrogen and oxygen atoms in total. The number of benzene rings is 4. The zero-order valence-electron chi connectivity index (χ0n) is 18.7. The normalized spacial score (nSPS) is 11.2. The number of rotatable bonds is 7. The highest BCUT2D eigenvalue weighted by molar-refractivity contribution is 7.90. The van der Waals surface area contributed by atoms with E-state index in [0.29, 0.717) is 28.1 Å². The molecule has 35 heavy (non-hydrogen) atoms. The van der Waals surface area contributed by atoms with E-state index in [2.05, 4.69) is 5.32 Å². The van der Waals surface area contributed by atoms with Gasteiger partial charge < -0.3 is 10.1 Å². The van der Waals surface area contributed by atoms with Gasteiger partial charge in [0.15, 0.2) is 9.84 Å². The van der Waals surface area contributed by atoms with Crippen molar-refractivity contribution < 1.29 is 26.7 Å². The molecule has 4 aromatic carbocycles. The quantitative estimate of drug-likeness (QED) is 0.342. The van der Waals surface area contributed by atoms with Gasteiger partial charge in [-0.15, -0.1) is 0 Å². The van der Waals surface area contributed by atoms with E-state index in [1.54, 1.807) is 48.5 Å². The lowest BCUT2D eigenvalue weighted by Gasteiger charge is -2.14. The van der Waals surface area contributed by atoms with Crippen LogP contribution in [0, 0.1) is 11.6 Å². The summed E-state index contributed by atoms with van der Waals surface area (Å²) >= 11 is 0. The van der Waals surface area contributed by atoms with Gasteiger partial charge in [0.05, 0.1) is 11.3 Å². The number of halogens is 2. The highest BCUT2D eigenvalue weighted by atomic mass is 32.2. The first-order valence-electron chi connectivity index (χ1n) is 10.6. The first-order valence-corrected chi connectivity index (χ1v) is 12.5. The van der Waals surface area contributed by atoms with E-state index in [9.17, 15) is 22.0 Å². The Labute approximate surface area is 201 Å². The van der Waals surface area contributed by atoms with Gasteiger partial charge in [0, 0.05) is 29.6 Å². The smallest absolute Gasteiger partial charge is 0.228 e. The molecule has 0 unspecified atom stereocenters. The summed E-state index contributed by atoms with van der Waals surface area (Å²) in [6.45, 7) is 0. The predicted octanol–water partition coefficient (Wildman–Crippen LogP) is 6.01. The fourth-order valence-electron chi connectivity index (χ4n) is 3.48. The summed E-state index contributed by atoms with van der Waals surface area (Å²) in [5.74, 6) is -0.666. The van der Waals surface area contributed by atoms with Gasteiger partial charge in [0.1, 0.15) is 23.1 Å². The van der Waals surface area contributed by atoms with Crippen LogP contribution in [0.3, 0.4) is 0 Å². The van der Waals surface area contributed by atoms with Crippen LogP contribution >= 0.6 is 0 Å². The summed E-state index contributed by atoms with van der Waals surface area (Å²) in [7, 11) is -3.32. The third-order valence-electron chi connectivity index (χ3n) is 5.14. The topological polar surface area (TPSA) is 72.5 Å². The summed E-state index contributed by atoms with van der Waals surface area (Å²) in [6.07, 6.45) is 1.14. The van der Waals surface area contributed by atoms with Gasteiger partial charge >= 0.3 is 0 Å². The monoisotopic (exact) mass is 493 g/mol. The average Bonchev–Trinajstić information content (AvgIpc) is 2.79. The lowest BCUT2D eigenvalue weighted by molar-refractivity contribution is -0.115. The molecule has 178 valence electrons. The number of hydrogen-bond donors (Lipinski definition) is 1. The van der Waals surface area contributed by atoms with E-state index in [4.69, 9.17) is 4.74 Å².